The molecule has 0 aliphatic heterocycles. The number of allylic oxidation sites excluding steroid dienone is 19. The van der Waals surface area contributed by atoms with Crippen molar-refractivity contribution >= 4 is 11.9 Å². The van der Waals surface area contributed by atoms with Gasteiger partial charge in [-0.2, -0.15) is 0 Å². The Labute approximate surface area is 305 Å². The van der Waals surface area contributed by atoms with Gasteiger partial charge in [0.1, 0.15) is 6.61 Å². The zero-order valence-corrected chi connectivity index (χ0v) is 31.3. The third kappa shape index (κ3) is 37.1. The Kier molecular flexibility index (Phi) is 36.8. The fourth-order valence-corrected chi connectivity index (χ4v) is 4.47. The molecule has 0 saturated carbocycles. The summed E-state index contributed by atoms with van der Waals surface area (Å²) in [5.41, 5.74) is 0. The molecule has 50 heavy (non-hydrogen) atoms. The number of ether oxygens (including phenoxy) is 2. The first-order valence-corrected chi connectivity index (χ1v) is 19.1. The Morgan fingerprint density at radius 3 is 1.30 bits per heavy atom. The van der Waals surface area contributed by atoms with Crippen LogP contribution in [0.3, 0.4) is 0 Å². The highest BCUT2D eigenvalue weighted by Crippen LogP contribution is 2.10. The molecular formula is C45H68O5. The van der Waals surface area contributed by atoms with Crippen molar-refractivity contribution in [2.75, 3.05) is 13.2 Å². The van der Waals surface area contributed by atoms with E-state index in [1.54, 1.807) is 6.08 Å². The van der Waals surface area contributed by atoms with Gasteiger partial charge in [0.15, 0.2) is 6.10 Å². The number of unbranched alkanes of at least 4 members (excludes halogenated alkanes) is 5. The molecule has 1 unspecified atom stereocenters. The van der Waals surface area contributed by atoms with Gasteiger partial charge in [0.25, 0.3) is 0 Å². The molecular weight excluding hydrogens is 620 g/mol. The standard InChI is InChI=1S/C45H68O5/c1-3-5-7-9-11-13-15-17-19-20-21-22-23-24-26-28-30-32-34-36-38-40-45(48)50-43(41-46)42-49-44(47)39-37-35-33-31-29-27-25-18-16-14-12-10-8-6-4-2/h5-8,11-14,17-19,21-22,24-26,29,31,35,37,43,46H,3-4,9-10,15-16,20,23,27-28,30,32-34,36,38-42H2,1-2H3/b7-5-,8-6-,13-11-,14-12-,19-17-,22-21-,25-18-,26-24-,31-29-,37-35-. The highest BCUT2D eigenvalue weighted by atomic mass is 16.6. The smallest absolute Gasteiger partial charge is 0.309 e. The summed E-state index contributed by atoms with van der Waals surface area (Å²) in [6, 6.07) is 0. The molecule has 0 aromatic rings. The van der Waals surface area contributed by atoms with E-state index in [9.17, 15) is 14.7 Å². The Morgan fingerprint density at radius 1 is 0.480 bits per heavy atom. The van der Waals surface area contributed by atoms with Gasteiger partial charge in [-0.15, -0.1) is 0 Å². The van der Waals surface area contributed by atoms with E-state index in [0.29, 0.717) is 6.42 Å². The molecule has 0 spiro atoms. The van der Waals surface area contributed by atoms with E-state index in [0.717, 1.165) is 103 Å². The van der Waals surface area contributed by atoms with Crippen LogP contribution < -0.4 is 0 Å². The summed E-state index contributed by atoms with van der Waals surface area (Å²) in [7, 11) is 0. The van der Waals surface area contributed by atoms with Crippen molar-refractivity contribution in [3.05, 3.63) is 122 Å². The second-order valence-electron chi connectivity index (χ2n) is 11.9. The summed E-state index contributed by atoms with van der Waals surface area (Å²) in [5.74, 6) is -0.776. The largest absolute Gasteiger partial charge is 0.461 e. The van der Waals surface area contributed by atoms with Gasteiger partial charge in [-0.05, 0) is 83.5 Å². The molecule has 0 rings (SSSR count). The number of hydrogen-bond acceptors (Lipinski definition) is 5. The van der Waals surface area contributed by atoms with Crippen LogP contribution in [0.2, 0.25) is 0 Å². The third-order valence-electron chi connectivity index (χ3n) is 7.28. The van der Waals surface area contributed by atoms with E-state index in [4.69, 9.17) is 9.47 Å². The van der Waals surface area contributed by atoms with Crippen LogP contribution in [-0.2, 0) is 19.1 Å². The van der Waals surface area contributed by atoms with Crippen molar-refractivity contribution in [3.63, 3.8) is 0 Å². The van der Waals surface area contributed by atoms with Gasteiger partial charge >= 0.3 is 11.9 Å². The van der Waals surface area contributed by atoms with Crippen molar-refractivity contribution in [2.45, 2.75) is 136 Å². The lowest BCUT2D eigenvalue weighted by atomic mass is 10.1. The van der Waals surface area contributed by atoms with Gasteiger partial charge in [0, 0.05) is 6.42 Å². The predicted molar refractivity (Wildman–Crippen MR) is 214 cm³/mol. The van der Waals surface area contributed by atoms with Crippen molar-refractivity contribution in [2.24, 2.45) is 0 Å². The minimum atomic E-state index is -0.830. The predicted octanol–water partition coefficient (Wildman–Crippen LogP) is 12.1. The van der Waals surface area contributed by atoms with E-state index < -0.39 is 12.1 Å². The molecule has 0 saturated heterocycles. The van der Waals surface area contributed by atoms with Crippen LogP contribution in [0.25, 0.3) is 0 Å². The third-order valence-corrected chi connectivity index (χ3v) is 7.28. The molecule has 0 radical (unpaired) electrons. The van der Waals surface area contributed by atoms with Crippen molar-refractivity contribution < 1.29 is 24.2 Å². The lowest BCUT2D eigenvalue weighted by Gasteiger charge is -2.15. The summed E-state index contributed by atoms with van der Waals surface area (Å²) >= 11 is 0. The maximum Gasteiger partial charge on any atom is 0.309 e. The maximum absolute atomic E-state index is 12.2. The number of hydrogen-bond donors (Lipinski definition) is 1. The summed E-state index contributed by atoms with van der Waals surface area (Å²) in [6.07, 6.45) is 58.5. The molecule has 0 bridgehead atoms. The molecule has 0 aliphatic rings. The number of carbonyl (C=O) groups is 2. The lowest BCUT2D eigenvalue weighted by Crippen LogP contribution is -2.28. The van der Waals surface area contributed by atoms with Crippen molar-refractivity contribution in [3.8, 4) is 0 Å². The van der Waals surface area contributed by atoms with Gasteiger partial charge in [-0.25, -0.2) is 0 Å². The first-order chi connectivity index (χ1) is 24.6. The molecule has 278 valence electrons. The van der Waals surface area contributed by atoms with E-state index in [1.165, 1.54) is 0 Å². The fraction of sp³-hybridized carbons (Fsp3) is 0.511. The average molecular weight is 689 g/mol. The highest BCUT2D eigenvalue weighted by Gasteiger charge is 2.15. The van der Waals surface area contributed by atoms with Gasteiger partial charge in [-0.1, -0.05) is 155 Å². The van der Waals surface area contributed by atoms with E-state index in [1.807, 2.05) is 6.08 Å². The molecule has 0 aliphatic carbocycles. The number of aliphatic hydroxyl groups excluding tert-OH is 1. The van der Waals surface area contributed by atoms with Crippen LogP contribution in [0.4, 0.5) is 0 Å². The molecule has 0 heterocycles. The second kappa shape index (κ2) is 39.7. The van der Waals surface area contributed by atoms with E-state index in [2.05, 4.69) is 123 Å². The van der Waals surface area contributed by atoms with Crippen molar-refractivity contribution in [1.82, 2.24) is 0 Å². The molecule has 0 aromatic heterocycles. The minimum absolute atomic E-state index is 0.137. The topological polar surface area (TPSA) is 72.8 Å². The van der Waals surface area contributed by atoms with E-state index in [-0.39, 0.29) is 25.6 Å². The van der Waals surface area contributed by atoms with Gasteiger partial charge in [0.2, 0.25) is 0 Å². The van der Waals surface area contributed by atoms with Crippen LogP contribution >= 0.6 is 0 Å². The number of esters is 2. The monoisotopic (exact) mass is 689 g/mol. The first-order valence-electron chi connectivity index (χ1n) is 19.1. The number of carbonyl (C=O) groups excluding carboxylic acids is 2. The van der Waals surface area contributed by atoms with Crippen LogP contribution in [0.5, 0.6) is 0 Å². The summed E-state index contributed by atoms with van der Waals surface area (Å²) in [4.78, 5) is 24.2. The molecule has 1 N–H and O–H groups in total. The quantitative estimate of drug-likeness (QED) is 0.0433. The fourth-order valence-electron chi connectivity index (χ4n) is 4.47. The summed E-state index contributed by atoms with van der Waals surface area (Å²) < 4.78 is 10.5. The Hall–Kier alpha value is -3.70. The van der Waals surface area contributed by atoms with Crippen LogP contribution in [-0.4, -0.2) is 36.4 Å². The Bertz CT molecular complexity index is 1100. The van der Waals surface area contributed by atoms with Crippen LogP contribution in [0, 0.1) is 0 Å². The molecule has 0 aromatic carbocycles. The normalized spacial score (nSPS) is 13.6. The van der Waals surface area contributed by atoms with Crippen LogP contribution in [0.15, 0.2) is 122 Å². The first kappa shape index (κ1) is 46.3. The minimum Gasteiger partial charge on any atom is -0.461 e. The maximum atomic E-state index is 12.2. The van der Waals surface area contributed by atoms with E-state index >= 15 is 0 Å². The molecule has 5 heteroatoms. The molecule has 0 amide bonds. The zero-order chi connectivity index (χ0) is 36.4. The van der Waals surface area contributed by atoms with Gasteiger partial charge < -0.3 is 14.6 Å². The lowest BCUT2D eigenvalue weighted by molar-refractivity contribution is -0.161. The Morgan fingerprint density at radius 2 is 0.860 bits per heavy atom. The van der Waals surface area contributed by atoms with Gasteiger partial charge in [0.05, 0.1) is 13.0 Å². The number of rotatable bonds is 32. The highest BCUT2D eigenvalue weighted by molar-refractivity contribution is 5.71. The summed E-state index contributed by atoms with van der Waals surface area (Å²) in [5, 5.41) is 9.54. The average Bonchev–Trinajstić information content (AvgIpc) is 3.12. The second-order valence-corrected chi connectivity index (χ2v) is 11.9. The zero-order valence-electron chi connectivity index (χ0n) is 31.3. The van der Waals surface area contributed by atoms with Crippen molar-refractivity contribution in [1.29, 1.82) is 0 Å². The SMILES string of the molecule is CC/C=C\C/C=C\C/C=C\C/C=C\C/C=C\CCCCCCCC(=O)OC(CO)COC(=O)C/C=C\C/C=C\C/C=C\C/C=C\C/C=C\CC. The number of aliphatic hydroxyl groups is 1. The molecule has 5 nitrogen and oxygen atoms in total. The molecule has 1 atom stereocenters. The summed E-state index contributed by atoms with van der Waals surface area (Å²) in [6.45, 7) is 3.77. The van der Waals surface area contributed by atoms with Gasteiger partial charge in [-0.3, -0.25) is 9.59 Å². The Balaban J connectivity index is 3.78. The van der Waals surface area contributed by atoms with Crippen LogP contribution in [0.1, 0.15) is 129 Å². The molecule has 0 fully saturated rings.